The third kappa shape index (κ3) is 6.86. The van der Waals surface area contributed by atoms with Gasteiger partial charge in [0.1, 0.15) is 11.5 Å². The van der Waals surface area contributed by atoms with Gasteiger partial charge in [-0.2, -0.15) is 0 Å². The summed E-state index contributed by atoms with van der Waals surface area (Å²) in [4.78, 5) is 70.6. The molecule has 0 aromatic heterocycles. The Morgan fingerprint density at radius 2 is 0.778 bits per heavy atom. The zero-order valence-electron chi connectivity index (χ0n) is 23.6. The van der Waals surface area contributed by atoms with Crippen LogP contribution in [0.3, 0.4) is 0 Å². The molecule has 4 aromatic rings. The normalized spacial score (nSPS) is 10.9. The largest absolute Gasteiger partial charge is 0.478 e. The minimum atomic E-state index is -1.50. The number of carboxylic acid groups (broad SMARTS) is 4. The minimum Gasteiger partial charge on any atom is -0.478 e. The molecule has 0 saturated carbocycles. The van der Waals surface area contributed by atoms with E-state index in [4.69, 9.17) is 19.7 Å². The molecule has 0 unspecified atom stereocenters. The number of hydrogen-bond acceptors (Lipinski definition) is 8. The lowest BCUT2D eigenvalue weighted by molar-refractivity contribution is 0.0650. The Balaban J connectivity index is 1.45. The van der Waals surface area contributed by atoms with Crippen molar-refractivity contribution in [3.05, 3.63) is 129 Å². The summed E-state index contributed by atoms with van der Waals surface area (Å²) in [6.07, 6.45) is 0. The Kier molecular flexibility index (Phi) is 8.80. The van der Waals surface area contributed by atoms with Gasteiger partial charge in [0, 0.05) is 5.41 Å². The molecule has 228 valence electrons. The first-order chi connectivity index (χ1) is 21.2. The van der Waals surface area contributed by atoms with Crippen LogP contribution >= 0.6 is 0 Å². The number of esters is 2. The van der Waals surface area contributed by atoms with E-state index in [2.05, 4.69) is 0 Å². The molecule has 0 radical (unpaired) electrons. The minimum absolute atomic E-state index is 0.137. The topological polar surface area (TPSA) is 202 Å². The van der Waals surface area contributed by atoms with E-state index < -0.39 is 63.5 Å². The van der Waals surface area contributed by atoms with Crippen LogP contribution in [0, 0.1) is 0 Å². The quantitative estimate of drug-likeness (QED) is 0.134. The van der Waals surface area contributed by atoms with Gasteiger partial charge in [0.2, 0.25) is 0 Å². The highest BCUT2D eigenvalue weighted by atomic mass is 16.5. The van der Waals surface area contributed by atoms with Crippen molar-refractivity contribution < 1.29 is 58.7 Å². The van der Waals surface area contributed by atoms with Crippen LogP contribution in [0.1, 0.15) is 87.1 Å². The van der Waals surface area contributed by atoms with E-state index in [1.54, 1.807) is 48.5 Å². The molecule has 4 rings (SSSR count). The van der Waals surface area contributed by atoms with Crippen molar-refractivity contribution in [1.29, 1.82) is 0 Å². The van der Waals surface area contributed by atoms with Crippen LogP contribution in [-0.4, -0.2) is 56.2 Å². The molecular formula is C33H24O12. The number of benzene rings is 4. The zero-order valence-corrected chi connectivity index (χ0v) is 23.6. The first kappa shape index (κ1) is 31.6. The second-order valence-corrected chi connectivity index (χ2v) is 10.2. The van der Waals surface area contributed by atoms with Crippen molar-refractivity contribution in [3.8, 4) is 11.5 Å². The molecule has 45 heavy (non-hydrogen) atoms. The lowest BCUT2D eigenvalue weighted by Crippen LogP contribution is -2.19. The Morgan fingerprint density at radius 1 is 0.467 bits per heavy atom. The van der Waals surface area contributed by atoms with E-state index in [1.165, 1.54) is 12.1 Å². The number of rotatable bonds is 10. The van der Waals surface area contributed by atoms with Crippen molar-refractivity contribution >= 4 is 35.8 Å². The van der Waals surface area contributed by atoms with E-state index in [9.17, 15) is 39.0 Å². The third-order valence-corrected chi connectivity index (χ3v) is 7.01. The molecule has 0 aliphatic carbocycles. The fourth-order valence-electron chi connectivity index (χ4n) is 4.45. The van der Waals surface area contributed by atoms with Gasteiger partial charge in [-0.05, 0) is 71.8 Å². The van der Waals surface area contributed by atoms with Crippen molar-refractivity contribution in [2.24, 2.45) is 0 Å². The first-order valence-electron chi connectivity index (χ1n) is 13.1. The van der Waals surface area contributed by atoms with Gasteiger partial charge in [-0.3, -0.25) is 0 Å². The van der Waals surface area contributed by atoms with Crippen molar-refractivity contribution in [2.45, 2.75) is 19.3 Å². The van der Waals surface area contributed by atoms with Crippen LogP contribution in [0.4, 0.5) is 0 Å². The Bertz CT molecular complexity index is 1720. The summed E-state index contributed by atoms with van der Waals surface area (Å²) >= 11 is 0. The molecule has 12 heteroatoms. The molecule has 0 amide bonds. The number of aromatic carboxylic acids is 4. The predicted octanol–water partition coefficient (Wildman–Crippen LogP) is 5.24. The van der Waals surface area contributed by atoms with E-state index in [-0.39, 0.29) is 22.6 Å². The first-order valence-corrected chi connectivity index (χ1v) is 13.1. The number of ether oxygens (including phenoxy) is 2. The molecule has 0 fully saturated rings. The van der Waals surface area contributed by atoms with Gasteiger partial charge in [0.25, 0.3) is 0 Å². The molecule has 0 bridgehead atoms. The summed E-state index contributed by atoms with van der Waals surface area (Å²) in [7, 11) is 0. The van der Waals surface area contributed by atoms with E-state index in [0.717, 1.165) is 35.4 Å². The van der Waals surface area contributed by atoms with E-state index in [1.807, 2.05) is 13.8 Å². The van der Waals surface area contributed by atoms with Crippen molar-refractivity contribution in [3.63, 3.8) is 0 Å². The molecule has 0 aliphatic rings. The maximum atomic E-state index is 12.6. The maximum Gasteiger partial charge on any atom is 0.343 e. The summed E-state index contributed by atoms with van der Waals surface area (Å²) in [5.74, 6) is -7.29. The van der Waals surface area contributed by atoms with Gasteiger partial charge in [-0.25, -0.2) is 28.8 Å². The molecule has 0 atom stereocenters. The maximum absolute atomic E-state index is 12.6. The highest BCUT2D eigenvalue weighted by Crippen LogP contribution is 2.33. The summed E-state index contributed by atoms with van der Waals surface area (Å²) in [5.41, 5.74) is -1.21. The summed E-state index contributed by atoms with van der Waals surface area (Å²) in [5, 5.41) is 36.9. The molecule has 0 heterocycles. The van der Waals surface area contributed by atoms with Gasteiger partial charge >= 0.3 is 35.8 Å². The molecule has 12 nitrogen and oxygen atoms in total. The smallest absolute Gasteiger partial charge is 0.343 e. The van der Waals surface area contributed by atoms with E-state index >= 15 is 0 Å². The number of carboxylic acids is 4. The second kappa shape index (κ2) is 12.5. The summed E-state index contributed by atoms with van der Waals surface area (Å²) in [6.45, 7) is 3.87. The summed E-state index contributed by atoms with van der Waals surface area (Å²) < 4.78 is 10.7. The molecule has 4 aromatic carbocycles. The highest BCUT2D eigenvalue weighted by molar-refractivity contribution is 6.05. The van der Waals surface area contributed by atoms with Gasteiger partial charge in [0.15, 0.2) is 0 Å². The average Bonchev–Trinajstić information content (AvgIpc) is 3.00. The lowest BCUT2D eigenvalue weighted by atomic mass is 9.78. The van der Waals surface area contributed by atoms with Gasteiger partial charge in [0.05, 0.1) is 33.4 Å². The predicted molar refractivity (Wildman–Crippen MR) is 156 cm³/mol. The van der Waals surface area contributed by atoms with Gasteiger partial charge in [-0.1, -0.05) is 38.1 Å². The second-order valence-electron chi connectivity index (χ2n) is 10.2. The lowest BCUT2D eigenvalue weighted by Gasteiger charge is -2.26. The number of hydrogen-bond donors (Lipinski definition) is 4. The van der Waals surface area contributed by atoms with E-state index in [0.29, 0.717) is 0 Å². The monoisotopic (exact) mass is 612 g/mol. The third-order valence-electron chi connectivity index (χ3n) is 7.01. The highest BCUT2D eigenvalue weighted by Gasteiger charge is 2.25. The number of carbonyl (C=O) groups is 6. The van der Waals surface area contributed by atoms with Crippen LogP contribution in [-0.2, 0) is 5.41 Å². The van der Waals surface area contributed by atoms with Crippen LogP contribution in [0.2, 0.25) is 0 Å². The molecule has 0 saturated heterocycles. The van der Waals surface area contributed by atoms with Gasteiger partial charge in [-0.15, -0.1) is 0 Å². The van der Waals surface area contributed by atoms with Crippen LogP contribution in [0.25, 0.3) is 0 Å². The van der Waals surface area contributed by atoms with Crippen LogP contribution < -0.4 is 9.47 Å². The molecular weight excluding hydrogens is 588 g/mol. The van der Waals surface area contributed by atoms with Crippen LogP contribution in [0.5, 0.6) is 11.5 Å². The van der Waals surface area contributed by atoms with Crippen LogP contribution in [0.15, 0.2) is 84.9 Å². The SMILES string of the molecule is CC(C)(c1ccc(OC(=O)c2ccc(C(=O)O)c(C(=O)O)c2)cc1)c1ccc(OC(=O)c2ccc(C(=O)O)c(C(=O)O)c2)cc1. The number of carbonyl (C=O) groups excluding carboxylic acids is 2. The van der Waals surface area contributed by atoms with Crippen molar-refractivity contribution in [1.82, 2.24) is 0 Å². The molecule has 0 aliphatic heterocycles. The van der Waals surface area contributed by atoms with Crippen molar-refractivity contribution in [2.75, 3.05) is 0 Å². The molecule has 0 spiro atoms. The zero-order chi connectivity index (χ0) is 33.1. The summed E-state index contributed by atoms with van der Waals surface area (Å²) in [6, 6.07) is 19.4. The Morgan fingerprint density at radius 3 is 1.07 bits per heavy atom. The fourth-order valence-corrected chi connectivity index (χ4v) is 4.45. The van der Waals surface area contributed by atoms with Gasteiger partial charge < -0.3 is 29.9 Å². The average molecular weight is 613 g/mol. The Labute approximate surface area is 254 Å². The Hall–Kier alpha value is -6.30. The fraction of sp³-hybridized carbons (Fsp3) is 0.0909. The molecule has 4 N–H and O–H groups in total. The standard InChI is InChI=1S/C33H24O12/c1-33(2,19-5-9-21(10-6-19)44-31(42)17-3-13-23(27(34)35)25(15-17)29(38)39)20-7-11-22(12-8-20)45-32(43)18-4-14-24(28(36)37)26(16-18)30(40)41/h3-16H,1-2H3,(H,34,35)(H,36,37)(H,38,39)(H,40,41).